The largest absolute Gasteiger partial charge is 0.397 e. The topological polar surface area (TPSA) is 58.4 Å². The van der Waals surface area contributed by atoms with Gasteiger partial charge in [0.1, 0.15) is 0 Å². The van der Waals surface area contributed by atoms with Crippen LogP contribution in [0.25, 0.3) is 0 Å². The summed E-state index contributed by atoms with van der Waals surface area (Å²) in [5.41, 5.74) is 10.6. The van der Waals surface area contributed by atoms with Crippen molar-refractivity contribution in [2.75, 3.05) is 24.2 Å². The maximum Gasteiger partial charge on any atom is 0.251 e. The van der Waals surface area contributed by atoms with E-state index >= 15 is 0 Å². The lowest BCUT2D eigenvalue weighted by Gasteiger charge is -2.26. The smallest absolute Gasteiger partial charge is 0.251 e. The van der Waals surface area contributed by atoms with Crippen molar-refractivity contribution in [2.45, 2.75) is 13.8 Å². The molecule has 0 aliphatic heterocycles. The van der Waals surface area contributed by atoms with Gasteiger partial charge in [0.05, 0.1) is 11.4 Å². The summed E-state index contributed by atoms with van der Waals surface area (Å²) < 4.78 is 0. The highest BCUT2D eigenvalue weighted by Crippen LogP contribution is 2.32. The zero-order chi connectivity index (χ0) is 15.4. The average Bonchev–Trinajstić information content (AvgIpc) is 2.50. The number of hydrogen-bond donors (Lipinski definition) is 2. The summed E-state index contributed by atoms with van der Waals surface area (Å²) >= 11 is 0. The Morgan fingerprint density at radius 2 is 1.90 bits per heavy atom. The second-order valence-corrected chi connectivity index (χ2v) is 4.88. The van der Waals surface area contributed by atoms with Crippen LogP contribution in [0.4, 0.5) is 17.1 Å². The zero-order valence-electron chi connectivity index (χ0n) is 12.7. The highest BCUT2D eigenvalue weighted by molar-refractivity contribution is 5.96. The second kappa shape index (κ2) is 6.31. The van der Waals surface area contributed by atoms with E-state index in [0.717, 1.165) is 17.9 Å². The molecular weight excluding hydrogens is 262 g/mol. The quantitative estimate of drug-likeness (QED) is 0.848. The van der Waals surface area contributed by atoms with Crippen LogP contribution < -0.4 is 16.0 Å². The van der Waals surface area contributed by atoms with Gasteiger partial charge in [0.25, 0.3) is 5.91 Å². The Labute approximate surface area is 125 Å². The number of nitrogens with two attached hydrogens (primary N) is 1. The summed E-state index contributed by atoms with van der Waals surface area (Å²) in [5.74, 6) is -0.132. The van der Waals surface area contributed by atoms with Gasteiger partial charge >= 0.3 is 0 Å². The highest BCUT2D eigenvalue weighted by Gasteiger charge is 2.14. The van der Waals surface area contributed by atoms with Crippen molar-refractivity contribution >= 4 is 23.0 Å². The fourth-order valence-electron chi connectivity index (χ4n) is 2.42. The molecule has 0 spiro atoms. The molecule has 0 saturated carbocycles. The van der Waals surface area contributed by atoms with Gasteiger partial charge in [-0.3, -0.25) is 4.79 Å². The number of anilines is 3. The predicted octanol–water partition coefficient (Wildman–Crippen LogP) is 3.09. The molecule has 4 nitrogen and oxygen atoms in total. The van der Waals surface area contributed by atoms with E-state index in [9.17, 15) is 4.79 Å². The van der Waals surface area contributed by atoms with E-state index in [0.29, 0.717) is 11.3 Å². The molecule has 0 bridgehead atoms. The molecule has 0 aliphatic rings. The number of rotatable bonds is 4. The van der Waals surface area contributed by atoms with Crippen LogP contribution in [0.3, 0.4) is 0 Å². The fourth-order valence-corrected chi connectivity index (χ4v) is 2.42. The number of para-hydroxylation sites is 1. The summed E-state index contributed by atoms with van der Waals surface area (Å²) in [6.07, 6.45) is 0. The molecule has 2 rings (SSSR count). The molecule has 110 valence electrons. The second-order valence-electron chi connectivity index (χ2n) is 4.88. The first-order chi connectivity index (χ1) is 10.1. The monoisotopic (exact) mass is 283 g/mol. The van der Waals surface area contributed by atoms with Crippen LogP contribution >= 0.6 is 0 Å². The lowest BCUT2D eigenvalue weighted by atomic mass is 10.1. The summed E-state index contributed by atoms with van der Waals surface area (Å²) in [4.78, 5) is 13.8. The first kappa shape index (κ1) is 14.9. The Morgan fingerprint density at radius 3 is 2.48 bits per heavy atom. The van der Waals surface area contributed by atoms with Gasteiger partial charge in [-0.15, -0.1) is 0 Å². The molecule has 0 heterocycles. The van der Waals surface area contributed by atoms with Gasteiger partial charge in [-0.2, -0.15) is 0 Å². The van der Waals surface area contributed by atoms with Crippen LogP contribution in [-0.2, 0) is 0 Å². The molecule has 0 fully saturated rings. The number of nitrogens with one attached hydrogen (secondary N) is 1. The molecule has 0 saturated heterocycles. The van der Waals surface area contributed by atoms with E-state index in [2.05, 4.69) is 36.2 Å². The Morgan fingerprint density at radius 1 is 1.19 bits per heavy atom. The Bertz CT molecular complexity index is 652. The minimum atomic E-state index is -0.132. The van der Waals surface area contributed by atoms with Gasteiger partial charge in [0, 0.05) is 24.8 Å². The van der Waals surface area contributed by atoms with Crippen LogP contribution in [0, 0.1) is 6.92 Å². The molecule has 2 aromatic carbocycles. The van der Waals surface area contributed by atoms with E-state index in [1.165, 1.54) is 5.56 Å². The van der Waals surface area contributed by atoms with Crippen LogP contribution in [0.5, 0.6) is 0 Å². The van der Waals surface area contributed by atoms with E-state index in [1.807, 2.05) is 18.2 Å². The number of nitrogens with zero attached hydrogens (tertiary/aromatic N) is 1. The predicted molar refractivity (Wildman–Crippen MR) is 88.1 cm³/mol. The molecule has 0 aromatic heterocycles. The number of nitrogen functional groups attached to an aromatic ring is 1. The van der Waals surface area contributed by atoms with Crippen molar-refractivity contribution in [3.63, 3.8) is 0 Å². The summed E-state index contributed by atoms with van der Waals surface area (Å²) in [7, 11) is 1.61. The van der Waals surface area contributed by atoms with Crippen LogP contribution in [-0.4, -0.2) is 19.5 Å². The molecule has 2 aromatic rings. The molecule has 3 N–H and O–H groups in total. The number of hydrogen-bond acceptors (Lipinski definition) is 3. The van der Waals surface area contributed by atoms with Crippen molar-refractivity contribution in [1.29, 1.82) is 0 Å². The summed E-state index contributed by atoms with van der Waals surface area (Å²) in [6.45, 7) is 4.96. The fraction of sp³-hybridized carbons (Fsp3) is 0.235. The SMILES string of the molecule is CCN(c1ccccc1C)c1ccc(C(=O)NC)cc1N. The van der Waals surface area contributed by atoms with E-state index in [4.69, 9.17) is 5.73 Å². The van der Waals surface area contributed by atoms with E-state index in [-0.39, 0.29) is 5.91 Å². The maximum atomic E-state index is 11.7. The standard InChI is InChI=1S/C17H21N3O/c1-4-20(15-8-6-5-7-12(15)2)16-10-9-13(11-14(16)18)17(21)19-3/h5-11H,4,18H2,1-3H3,(H,19,21). The van der Waals surface area contributed by atoms with Gasteiger partial charge in [0.15, 0.2) is 0 Å². The van der Waals surface area contributed by atoms with Crippen LogP contribution in [0.2, 0.25) is 0 Å². The average molecular weight is 283 g/mol. The van der Waals surface area contributed by atoms with Gasteiger partial charge in [-0.25, -0.2) is 0 Å². The third kappa shape index (κ3) is 2.99. The number of aryl methyl sites for hydroxylation is 1. The number of carbonyl (C=O) groups excluding carboxylic acids is 1. The summed E-state index contributed by atoms with van der Waals surface area (Å²) in [5, 5.41) is 2.60. The number of amides is 1. The van der Waals surface area contributed by atoms with Gasteiger partial charge < -0.3 is 16.0 Å². The lowest BCUT2D eigenvalue weighted by Crippen LogP contribution is -2.20. The molecule has 0 unspecified atom stereocenters. The first-order valence-corrected chi connectivity index (χ1v) is 7.03. The molecule has 0 aliphatic carbocycles. The van der Waals surface area contributed by atoms with Crippen molar-refractivity contribution < 1.29 is 4.79 Å². The lowest BCUT2D eigenvalue weighted by molar-refractivity contribution is 0.0963. The molecule has 21 heavy (non-hydrogen) atoms. The van der Waals surface area contributed by atoms with Crippen LogP contribution in [0.15, 0.2) is 42.5 Å². The number of carbonyl (C=O) groups is 1. The molecule has 0 atom stereocenters. The Balaban J connectivity index is 2.44. The third-order valence-electron chi connectivity index (χ3n) is 3.53. The molecular formula is C17H21N3O. The van der Waals surface area contributed by atoms with Crippen LogP contribution in [0.1, 0.15) is 22.8 Å². The van der Waals surface area contributed by atoms with Gasteiger partial charge in [-0.05, 0) is 43.7 Å². The minimum Gasteiger partial charge on any atom is -0.397 e. The Kier molecular flexibility index (Phi) is 4.48. The normalized spacial score (nSPS) is 10.2. The van der Waals surface area contributed by atoms with Crippen molar-refractivity contribution in [1.82, 2.24) is 5.32 Å². The summed E-state index contributed by atoms with van der Waals surface area (Å²) in [6, 6.07) is 13.6. The molecule has 0 radical (unpaired) electrons. The van der Waals surface area contributed by atoms with Crippen molar-refractivity contribution in [3.05, 3.63) is 53.6 Å². The van der Waals surface area contributed by atoms with Crippen molar-refractivity contribution in [2.24, 2.45) is 0 Å². The highest BCUT2D eigenvalue weighted by atomic mass is 16.1. The molecule has 4 heteroatoms. The minimum absolute atomic E-state index is 0.132. The van der Waals surface area contributed by atoms with Crippen molar-refractivity contribution in [3.8, 4) is 0 Å². The maximum absolute atomic E-state index is 11.7. The third-order valence-corrected chi connectivity index (χ3v) is 3.53. The Hall–Kier alpha value is -2.49. The molecule has 1 amide bonds. The zero-order valence-corrected chi connectivity index (χ0v) is 12.7. The first-order valence-electron chi connectivity index (χ1n) is 7.03. The van der Waals surface area contributed by atoms with Gasteiger partial charge in [-0.1, -0.05) is 18.2 Å². The van der Waals surface area contributed by atoms with E-state index < -0.39 is 0 Å². The van der Waals surface area contributed by atoms with Gasteiger partial charge in [0.2, 0.25) is 0 Å². The number of benzene rings is 2. The van der Waals surface area contributed by atoms with E-state index in [1.54, 1.807) is 19.2 Å².